The first-order chi connectivity index (χ1) is 13.3. The summed E-state index contributed by atoms with van der Waals surface area (Å²) in [6.07, 6.45) is 0. The van der Waals surface area contributed by atoms with E-state index < -0.39 is 10.0 Å². The van der Waals surface area contributed by atoms with Gasteiger partial charge < -0.3 is 9.64 Å². The second-order valence-corrected chi connectivity index (χ2v) is 8.95. The topological polar surface area (TPSA) is 66.9 Å². The van der Waals surface area contributed by atoms with E-state index >= 15 is 0 Å². The molecule has 0 radical (unpaired) electrons. The van der Waals surface area contributed by atoms with Crippen molar-refractivity contribution in [2.24, 2.45) is 0 Å². The van der Waals surface area contributed by atoms with E-state index in [-0.39, 0.29) is 17.3 Å². The Bertz CT molecular complexity index is 949. The van der Waals surface area contributed by atoms with Gasteiger partial charge in [0.1, 0.15) is 6.54 Å². The molecular formula is C21H26N2O4S. The highest BCUT2D eigenvalue weighted by Crippen LogP contribution is 2.26. The highest BCUT2D eigenvalue weighted by molar-refractivity contribution is 7.92. The number of anilines is 1. The van der Waals surface area contributed by atoms with Gasteiger partial charge in [0.05, 0.1) is 23.8 Å². The lowest BCUT2D eigenvalue weighted by Gasteiger charge is -2.30. The largest absolute Gasteiger partial charge is 0.378 e. The van der Waals surface area contributed by atoms with E-state index in [0.29, 0.717) is 32.0 Å². The van der Waals surface area contributed by atoms with Crippen molar-refractivity contribution < 1.29 is 17.9 Å². The third kappa shape index (κ3) is 4.36. The molecule has 2 aromatic carbocycles. The first-order valence-corrected chi connectivity index (χ1v) is 10.8. The van der Waals surface area contributed by atoms with Crippen LogP contribution in [0.3, 0.4) is 0 Å². The van der Waals surface area contributed by atoms with Gasteiger partial charge in [0, 0.05) is 13.1 Å². The summed E-state index contributed by atoms with van der Waals surface area (Å²) in [5.74, 6) is -0.225. The summed E-state index contributed by atoms with van der Waals surface area (Å²) in [6, 6.07) is 12.1. The van der Waals surface area contributed by atoms with Crippen LogP contribution in [0, 0.1) is 20.8 Å². The van der Waals surface area contributed by atoms with E-state index in [1.807, 2.05) is 32.9 Å². The normalized spacial score (nSPS) is 14.8. The molecule has 0 N–H and O–H groups in total. The van der Waals surface area contributed by atoms with Gasteiger partial charge in [-0.25, -0.2) is 8.42 Å². The number of benzene rings is 2. The van der Waals surface area contributed by atoms with E-state index in [1.165, 1.54) is 4.31 Å². The van der Waals surface area contributed by atoms with E-state index in [2.05, 4.69) is 0 Å². The number of ether oxygens (including phenoxy) is 1. The summed E-state index contributed by atoms with van der Waals surface area (Å²) in [4.78, 5) is 14.7. The van der Waals surface area contributed by atoms with E-state index in [0.717, 1.165) is 16.7 Å². The van der Waals surface area contributed by atoms with Gasteiger partial charge in [0.15, 0.2) is 0 Å². The Morgan fingerprint density at radius 2 is 1.64 bits per heavy atom. The van der Waals surface area contributed by atoms with Crippen molar-refractivity contribution in [2.75, 3.05) is 37.2 Å². The molecule has 7 heteroatoms. The van der Waals surface area contributed by atoms with Gasteiger partial charge in [-0.15, -0.1) is 0 Å². The fraction of sp³-hybridized carbons (Fsp3) is 0.381. The Labute approximate surface area is 166 Å². The molecular weight excluding hydrogens is 376 g/mol. The minimum atomic E-state index is -3.88. The number of nitrogens with zero attached hydrogens (tertiary/aromatic N) is 2. The van der Waals surface area contributed by atoms with Crippen LogP contribution in [0.5, 0.6) is 0 Å². The zero-order valence-corrected chi connectivity index (χ0v) is 17.3. The zero-order chi connectivity index (χ0) is 20.3. The van der Waals surface area contributed by atoms with Crippen LogP contribution in [0.4, 0.5) is 5.69 Å². The molecule has 1 aliphatic heterocycles. The Morgan fingerprint density at radius 3 is 2.25 bits per heavy atom. The van der Waals surface area contributed by atoms with Gasteiger partial charge in [-0.3, -0.25) is 9.10 Å². The monoisotopic (exact) mass is 402 g/mol. The van der Waals surface area contributed by atoms with Gasteiger partial charge in [0.25, 0.3) is 10.0 Å². The molecule has 0 spiro atoms. The van der Waals surface area contributed by atoms with E-state index in [1.54, 1.807) is 35.2 Å². The van der Waals surface area contributed by atoms with Gasteiger partial charge in [0.2, 0.25) is 5.91 Å². The Hall–Kier alpha value is -2.38. The Morgan fingerprint density at radius 1 is 1.00 bits per heavy atom. The zero-order valence-electron chi connectivity index (χ0n) is 16.5. The molecule has 1 fully saturated rings. The van der Waals surface area contributed by atoms with Crippen LogP contribution in [0.25, 0.3) is 0 Å². The quantitative estimate of drug-likeness (QED) is 0.771. The number of amides is 1. The average molecular weight is 403 g/mol. The number of hydrogen-bond donors (Lipinski definition) is 0. The lowest BCUT2D eigenvalue weighted by Crippen LogP contribution is -2.47. The van der Waals surface area contributed by atoms with Crippen LogP contribution in [-0.2, 0) is 19.6 Å². The third-order valence-electron chi connectivity index (χ3n) is 5.03. The van der Waals surface area contributed by atoms with Gasteiger partial charge in [-0.2, -0.15) is 0 Å². The summed E-state index contributed by atoms with van der Waals surface area (Å²) in [5, 5.41) is 0. The van der Waals surface area contributed by atoms with E-state index in [9.17, 15) is 13.2 Å². The number of aryl methyl sites for hydroxylation is 3. The molecule has 6 nitrogen and oxygen atoms in total. The molecule has 0 aromatic heterocycles. The SMILES string of the molecule is Cc1ccc(S(=O)(=O)N(CC(=O)N2CCOCC2)c2ccc(C)c(C)c2)cc1. The maximum atomic E-state index is 13.4. The number of carbonyl (C=O) groups excluding carboxylic acids is 1. The number of morpholine rings is 1. The summed E-state index contributed by atoms with van der Waals surface area (Å²) in [6.45, 7) is 7.46. The second-order valence-electron chi connectivity index (χ2n) is 7.09. The van der Waals surface area contributed by atoms with Crippen molar-refractivity contribution in [2.45, 2.75) is 25.7 Å². The van der Waals surface area contributed by atoms with Crippen LogP contribution in [-0.4, -0.2) is 52.1 Å². The van der Waals surface area contributed by atoms with E-state index in [4.69, 9.17) is 4.74 Å². The molecule has 1 heterocycles. The van der Waals surface area contributed by atoms with Crippen LogP contribution in [0.1, 0.15) is 16.7 Å². The highest BCUT2D eigenvalue weighted by Gasteiger charge is 2.29. The van der Waals surface area contributed by atoms with Gasteiger partial charge in [-0.05, 0) is 56.2 Å². The number of sulfonamides is 1. The predicted molar refractivity (Wildman–Crippen MR) is 109 cm³/mol. The molecule has 150 valence electrons. The van der Waals surface area contributed by atoms with Crippen molar-refractivity contribution in [1.82, 2.24) is 4.90 Å². The summed E-state index contributed by atoms with van der Waals surface area (Å²) in [5.41, 5.74) is 3.50. The molecule has 0 aliphatic carbocycles. The van der Waals surface area contributed by atoms with Crippen LogP contribution >= 0.6 is 0 Å². The van der Waals surface area contributed by atoms with Gasteiger partial charge >= 0.3 is 0 Å². The average Bonchev–Trinajstić information content (AvgIpc) is 2.69. The van der Waals surface area contributed by atoms with Crippen molar-refractivity contribution >= 4 is 21.6 Å². The van der Waals surface area contributed by atoms with Gasteiger partial charge in [-0.1, -0.05) is 23.8 Å². The smallest absolute Gasteiger partial charge is 0.264 e. The fourth-order valence-electron chi connectivity index (χ4n) is 3.07. The summed E-state index contributed by atoms with van der Waals surface area (Å²) in [7, 11) is -3.88. The fourth-order valence-corrected chi connectivity index (χ4v) is 4.47. The molecule has 0 bridgehead atoms. The van der Waals surface area contributed by atoms with Crippen molar-refractivity contribution in [3.05, 3.63) is 59.2 Å². The summed E-state index contributed by atoms with van der Waals surface area (Å²) >= 11 is 0. The minimum Gasteiger partial charge on any atom is -0.378 e. The van der Waals surface area contributed by atoms with Crippen LogP contribution in [0.2, 0.25) is 0 Å². The van der Waals surface area contributed by atoms with Crippen molar-refractivity contribution in [3.63, 3.8) is 0 Å². The lowest BCUT2D eigenvalue weighted by molar-refractivity contribution is -0.133. The second kappa shape index (κ2) is 8.32. The predicted octanol–water partition coefficient (Wildman–Crippen LogP) is 2.67. The maximum absolute atomic E-state index is 13.4. The van der Waals surface area contributed by atoms with Crippen LogP contribution < -0.4 is 4.31 Å². The number of rotatable bonds is 5. The maximum Gasteiger partial charge on any atom is 0.264 e. The van der Waals surface area contributed by atoms with Crippen molar-refractivity contribution in [1.29, 1.82) is 0 Å². The standard InChI is InChI=1S/C21H26N2O4S/c1-16-4-8-20(9-5-16)28(25,26)23(19-7-6-17(2)18(3)14-19)15-21(24)22-10-12-27-13-11-22/h4-9,14H,10-13,15H2,1-3H3. The minimum absolute atomic E-state index is 0.172. The first kappa shape index (κ1) is 20.4. The molecule has 1 amide bonds. The Balaban J connectivity index is 1.99. The molecule has 0 atom stereocenters. The Kier molecular flexibility index (Phi) is 6.05. The molecule has 2 aromatic rings. The summed E-state index contributed by atoms with van der Waals surface area (Å²) < 4.78 is 33.3. The molecule has 3 rings (SSSR count). The molecule has 0 saturated carbocycles. The number of carbonyl (C=O) groups is 1. The number of hydrogen-bond acceptors (Lipinski definition) is 4. The molecule has 28 heavy (non-hydrogen) atoms. The molecule has 1 saturated heterocycles. The van der Waals surface area contributed by atoms with Crippen molar-refractivity contribution in [3.8, 4) is 0 Å². The first-order valence-electron chi connectivity index (χ1n) is 9.31. The lowest BCUT2D eigenvalue weighted by atomic mass is 10.1. The highest BCUT2D eigenvalue weighted by atomic mass is 32.2. The third-order valence-corrected chi connectivity index (χ3v) is 6.82. The molecule has 1 aliphatic rings. The molecule has 0 unspecified atom stereocenters. The van der Waals surface area contributed by atoms with Crippen LogP contribution in [0.15, 0.2) is 47.4 Å².